The van der Waals surface area contributed by atoms with Crippen molar-refractivity contribution in [2.75, 3.05) is 0 Å². The van der Waals surface area contributed by atoms with E-state index in [0.29, 0.717) is 0 Å². The zero-order valence-electron chi connectivity index (χ0n) is 51.2. The fourth-order valence-electron chi connectivity index (χ4n) is 16.4. The Bertz CT molecular complexity index is 5640. The molecule has 18 aromatic rings. The van der Waals surface area contributed by atoms with Crippen molar-refractivity contribution in [1.29, 1.82) is 0 Å². The average Bonchev–Trinajstić information content (AvgIpc) is 1.56. The van der Waals surface area contributed by atoms with Gasteiger partial charge in [-0.3, -0.25) is 0 Å². The van der Waals surface area contributed by atoms with Crippen LogP contribution in [-0.2, 0) is 0 Å². The second kappa shape index (κ2) is 19.7. The maximum absolute atomic E-state index is 2.54. The molecule has 426 valence electrons. The highest BCUT2D eigenvalue weighted by atomic mass is 15.1. The van der Waals surface area contributed by atoms with Crippen molar-refractivity contribution in [2.45, 2.75) is 41.5 Å². The van der Waals surface area contributed by atoms with Crippen molar-refractivity contribution in [1.82, 2.24) is 22.8 Å². The molecule has 0 atom stereocenters. The Morgan fingerprint density at radius 2 is 0.489 bits per heavy atom. The second-order valence-electron chi connectivity index (χ2n) is 25.2. The van der Waals surface area contributed by atoms with Crippen LogP contribution >= 0.6 is 0 Å². The molecule has 0 spiro atoms. The fourth-order valence-corrected chi connectivity index (χ4v) is 16.4. The standard InChI is InChI=1S/C84H62BN5/c1-51-45-53(3)79(54(4)46-51)85(80-55(5)47-52(2)48-56(80)6)57-33-35-60(36-34-57)86-77-43-37-61(89-75-31-19-15-27-65(75)69-41-39-67-63-25-13-17-29-73(63)87(81(67)83(69)89)58-21-9-7-10-22-58)49-71(77)72-50-62(38-44-78(72)86)90-76-32-20-16-28-66(76)70-42-40-68-64-26-14-18-30-74(64)88(82(68)84(70)90)59-23-11-8-12-24-59/h7-50H,1-6H3. The molecule has 0 saturated carbocycles. The SMILES string of the molecule is Cc1cc(C)c(B(c2ccc(-n3c4ccc(-n5c6ccccc6c6ccc7c8ccccc8n(-c8ccccc8)c7c65)cc4c4cc(-n5c6ccccc6c6ccc7c8ccccc8n(-c8ccccc8)c7c65)ccc43)cc2)c2c(C)cc(C)cc2C)c(C)c1. The van der Waals surface area contributed by atoms with Crippen LogP contribution in [0.1, 0.15) is 33.4 Å². The number of aryl methyl sites for hydroxylation is 6. The van der Waals surface area contributed by atoms with Crippen LogP contribution in [0.25, 0.3) is 137 Å². The Labute approximate surface area is 522 Å². The summed E-state index contributed by atoms with van der Waals surface area (Å²) < 4.78 is 12.6. The quantitative estimate of drug-likeness (QED) is 0.136. The van der Waals surface area contributed by atoms with E-state index in [9.17, 15) is 0 Å². The summed E-state index contributed by atoms with van der Waals surface area (Å²) in [5.74, 6) is 0. The summed E-state index contributed by atoms with van der Waals surface area (Å²) in [7, 11) is 0. The van der Waals surface area contributed by atoms with Crippen LogP contribution in [0.15, 0.2) is 267 Å². The van der Waals surface area contributed by atoms with E-state index in [0.717, 1.165) is 39.5 Å². The molecule has 0 N–H and O–H groups in total. The summed E-state index contributed by atoms with van der Waals surface area (Å²) in [5.41, 5.74) is 29.3. The van der Waals surface area contributed by atoms with Crippen LogP contribution < -0.4 is 16.4 Å². The number of nitrogens with zero attached hydrogens (tertiary/aromatic N) is 5. The molecule has 0 aliphatic heterocycles. The number of fused-ring (bicyclic) bond motifs is 17. The number of hydrogen-bond donors (Lipinski definition) is 0. The third-order valence-corrected chi connectivity index (χ3v) is 19.8. The van der Waals surface area contributed by atoms with Gasteiger partial charge in [0, 0.05) is 82.3 Å². The van der Waals surface area contributed by atoms with Gasteiger partial charge in [0.1, 0.15) is 0 Å². The lowest BCUT2D eigenvalue weighted by Crippen LogP contribution is -2.55. The first-order chi connectivity index (χ1) is 44.2. The molecular formula is C84H62BN5. The highest BCUT2D eigenvalue weighted by Crippen LogP contribution is 2.46. The topological polar surface area (TPSA) is 24.6 Å². The maximum Gasteiger partial charge on any atom is 0.242 e. The van der Waals surface area contributed by atoms with Crippen molar-refractivity contribution < 1.29 is 0 Å². The van der Waals surface area contributed by atoms with Crippen LogP contribution in [0.2, 0.25) is 0 Å². The summed E-state index contributed by atoms with van der Waals surface area (Å²) in [5, 5.41) is 12.2. The molecule has 18 rings (SSSR count). The summed E-state index contributed by atoms with van der Waals surface area (Å²) >= 11 is 0. The van der Waals surface area contributed by atoms with E-state index < -0.39 is 0 Å². The Morgan fingerprint density at radius 1 is 0.211 bits per heavy atom. The lowest BCUT2D eigenvalue weighted by atomic mass is 9.34. The fraction of sp³-hybridized carbons (Fsp3) is 0.0714. The van der Waals surface area contributed by atoms with Crippen LogP contribution in [0.5, 0.6) is 0 Å². The molecule has 5 heterocycles. The number of rotatable bonds is 8. The molecule has 90 heavy (non-hydrogen) atoms. The van der Waals surface area contributed by atoms with E-state index >= 15 is 0 Å². The smallest absolute Gasteiger partial charge is 0.242 e. The summed E-state index contributed by atoms with van der Waals surface area (Å²) in [6.45, 7) is 13.7. The molecular weight excluding hydrogens is 1090 g/mol. The van der Waals surface area contributed by atoms with E-state index in [1.165, 1.54) is 148 Å². The number of aromatic nitrogens is 5. The van der Waals surface area contributed by atoms with Crippen molar-refractivity contribution in [3.63, 3.8) is 0 Å². The molecule has 0 unspecified atom stereocenters. The molecule has 6 heteroatoms. The second-order valence-corrected chi connectivity index (χ2v) is 25.2. The zero-order chi connectivity index (χ0) is 60.2. The van der Waals surface area contributed by atoms with Gasteiger partial charge in [-0.1, -0.05) is 220 Å². The van der Waals surface area contributed by atoms with Gasteiger partial charge in [-0.05, 0) is 139 Å². The third kappa shape index (κ3) is 7.51. The first-order valence-electron chi connectivity index (χ1n) is 31.5. The maximum atomic E-state index is 2.54. The van der Waals surface area contributed by atoms with Crippen LogP contribution in [0.4, 0.5) is 0 Å². The van der Waals surface area contributed by atoms with E-state index in [2.05, 4.69) is 331 Å². The Kier molecular flexibility index (Phi) is 11.4. The molecule has 0 aliphatic rings. The average molecular weight is 1150 g/mol. The third-order valence-electron chi connectivity index (χ3n) is 19.8. The molecule has 0 radical (unpaired) electrons. The molecule has 0 bridgehead atoms. The van der Waals surface area contributed by atoms with E-state index in [1.807, 2.05) is 0 Å². The van der Waals surface area contributed by atoms with E-state index in [4.69, 9.17) is 0 Å². The normalized spacial score (nSPS) is 12.1. The van der Waals surface area contributed by atoms with Gasteiger partial charge < -0.3 is 22.8 Å². The van der Waals surface area contributed by atoms with Crippen LogP contribution in [0.3, 0.4) is 0 Å². The minimum atomic E-state index is 0.0556. The number of benzene rings is 13. The lowest BCUT2D eigenvalue weighted by molar-refractivity contribution is 1.14. The first kappa shape index (κ1) is 52.1. The molecule has 0 fully saturated rings. The number of para-hydroxylation sites is 6. The van der Waals surface area contributed by atoms with Gasteiger partial charge in [0.2, 0.25) is 6.71 Å². The minimum Gasteiger partial charge on any atom is -0.309 e. The Balaban J connectivity index is 0.929. The van der Waals surface area contributed by atoms with Gasteiger partial charge in [-0.25, -0.2) is 0 Å². The van der Waals surface area contributed by atoms with Gasteiger partial charge in [-0.2, -0.15) is 0 Å². The predicted octanol–water partition coefficient (Wildman–Crippen LogP) is 19.5. The molecule has 0 saturated heterocycles. The Hall–Kier alpha value is -11.1. The molecule has 0 aliphatic carbocycles. The van der Waals surface area contributed by atoms with E-state index in [-0.39, 0.29) is 6.71 Å². The molecule has 0 amide bonds. The highest BCUT2D eigenvalue weighted by Gasteiger charge is 2.30. The van der Waals surface area contributed by atoms with Gasteiger partial charge in [0.05, 0.1) is 55.2 Å². The van der Waals surface area contributed by atoms with Gasteiger partial charge in [-0.15, -0.1) is 0 Å². The van der Waals surface area contributed by atoms with Gasteiger partial charge in [0.25, 0.3) is 0 Å². The monoisotopic (exact) mass is 1150 g/mol. The lowest BCUT2D eigenvalue weighted by Gasteiger charge is -2.25. The molecule has 5 nitrogen and oxygen atoms in total. The summed E-state index contributed by atoms with van der Waals surface area (Å²) in [4.78, 5) is 0. The summed E-state index contributed by atoms with van der Waals surface area (Å²) in [6, 6.07) is 100. The van der Waals surface area contributed by atoms with Crippen molar-refractivity contribution >= 4 is 132 Å². The van der Waals surface area contributed by atoms with Crippen molar-refractivity contribution in [3.8, 4) is 28.4 Å². The van der Waals surface area contributed by atoms with Crippen molar-refractivity contribution in [2.24, 2.45) is 0 Å². The first-order valence-corrected chi connectivity index (χ1v) is 31.5. The Morgan fingerprint density at radius 3 is 0.833 bits per heavy atom. The minimum absolute atomic E-state index is 0.0556. The summed E-state index contributed by atoms with van der Waals surface area (Å²) in [6.07, 6.45) is 0. The zero-order valence-corrected chi connectivity index (χ0v) is 51.2. The van der Waals surface area contributed by atoms with Crippen LogP contribution in [0, 0.1) is 41.5 Å². The highest BCUT2D eigenvalue weighted by molar-refractivity contribution is 6.96. The van der Waals surface area contributed by atoms with Gasteiger partial charge >= 0.3 is 0 Å². The van der Waals surface area contributed by atoms with Crippen molar-refractivity contribution in [3.05, 3.63) is 300 Å². The number of hydrogen-bond acceptors (Lipinski definition) is 0. The molecule has 5 aromatic heterocycles. The molecule has 13 aromatic carbocycles. The van der Waals surface area contributed by atoms with E-state index in [1.54, 1.807) is 0 Å². The van der Waals surface area contributed by atoms with Crippen LogP contribution in [-0.4, -0.2) is 29.5 Å². The largest absolute Gasteiger partial charge is 0.309 e. The predicted molar refractivity (Wildman–Crippen MR) is 384 cm³/mol. The van der Waals surface area contributed by atoms with Gasteiger partial charge in [0.15, 0.2) is 0 Å².